The minimum absolute atomic E-state index is 0.105. The molecule has 5 rings (SSSR count). The second-order valence-electron chi connectivity index (χ2n) is 8.39. The number of halogens is 2. The first kappa shape index (κ1) is 22.3. The minimum Gasteiger partial charge on any atom is -0.485 e. The van der Waals surface area contributed by atoms with Gasteiger partial charge in [-0.25, -0.2) is 19.3 Å². The van der Waals surface area contributed by atoms with E-state index in [9.17, 15) is 9.18 Å². The highest BCUT2D eigenvalue weighted by molar-refractivity contribution is 6.30. The fourth-order valence-corrected chi connectivity index (χ4v) is 4.28. The maximum atomic E-state index is 14.9. The Bertz CT molecular complexity index is 1450. The second-order valence-corrected chi connectivity index (χ2v) is 8.83. The summed E-state index contributed by atoms with van der Waals surface area (Å²) in [4.78, 5) is 28.8. The van der Waals surface area contributed by atoms with Crippen molar-refractivity contribution in [2.45, 2.75) is 25.9 Å². The molecule has 0 spiro atoms. The normalized spacial score (nSPS) is 16.3. The first-order valence-corrected chi connectivity index (χ1v) is 11.3. The Hall–Kier alpha value is -3.53. The third-order valence-electron chi connectivity index (χ3n) is 5.97. The summed E-state index contributed by atoms with van der Waals surface area (Å²) < 4.78 is 24.1. The molecule has 0 N–H and O–H groups in total. The number of rotatable bonds is 4. The van der Waals surface area contributed by atoms with Crippen molar-refractivity contribution in [2.75, 3.05) is 18.0 Å². The average molecular weight is 484 g/mol. The standard InChI is InChI=1S/C23H23ClFN7O2/c1-13-27-20-19(17-7-6-14(24)9-18(17)25)28-23(29-21(20)22(33)31(13)3)32-8-4-5-15(12-32)34-16-10-26-30(2)11-16/h6-7,9-11,15H,4-5,8,12H2,1-3H3/t15-/m0/s1. The first-order valence-electron chi connectivity index (χ1n) is 10.9. The predicted octanol–water partition coefficient (Wildman–Crippen LogP) is 3.27. The number of anilines is 1. The van der Waals surface area contributed by atoms with Gasteiger partial charge in [0.25, 0.3) is 5.56 Å². The molecule has 0 unspecified atom stereocenters. The zero-order valence-electron chi connectivity index (χ0n) is 19.0. The van der Waals surface area contributed by atoms with E-state index in [-0.39, 0.29) is 39.0 Å². The van der Waals surface area contributed by atoms with E-state index in [2.05, 4.69) is 15.1 Å². The van der Waals surface area contributed by atoms with Crippen LogP contribution in [0.25, 0.3) is 22.3 Å². The van der Waals surface area contributed by atoms with Crippen molar-refractivity contribution < 1.29 is 9.13 Å². The third-order valence-corrected chi connectivity index (χ3v) is 6.20. The molecule has 0 amide bonds. The Kier molecular flexibility index (Phi) is 5.68. The Balaban J connectivity index is 1.60. The van der Waals surface area contributed by atoms with Crippen molar-refractivity contribution in [3.8, 4) is 17.0 Å². The number of fused-ring (bicyclic) bond motifs is 1. The van der Waals surface area contributed by atoms with Crippen LogP contribution in [0, 0.1) is 12.7 Å². The maximum Gasteiger partial charge on any atom is 0.279 e. The fraction of sp³-hybridized carbons (Fsp3) is 0.348. The Morgan fingerprint density at radius 2 is 2.00 bits per heavy atom. The smallest absolute Gasteiger partial charge is 0.279 e. The largest absolute Gasteiger partial charge is 0.485 e. The highest BCUT2D eigenvalue weighted by Gasteiger charge is 2.26. The van der Waals surface area contributed by atoms with Gasteiger partial charge in [0.05, 0.1) is 18.9 Å². The van der Waals surface area contributed by atoms with E-state index in [1.807, 2.05) is 18.1 Å². The second kappa shape index (κ2) is 8.68. The summed E-state index contributed by atoms with van der Waals surface area (Å²) >= 11 is 5.96. The van der Waals surface area contributed by atoms with E-state index in [1.165, 1.54) is 10.6 Å². The van der Waals surface area contributed by atoms with Crippen LogP contribution < -0.4 is 15.2 Å². The van der Waals surface area contributed by atoms with Crippen LogP contribution in [0.4, 0.5) is 10.3 Å². The van der Waals surface area contributed by atoms with Crippen molar-refractivity contribution in [3.63, 3.8) is 0 Å². The molecule has 1 aromatic carbocycles. The third kappa shape index (κ3) is 4.09. The van der Waals surface area contributed by atoms with Crippen LogP contribution in [0.5, 0.6) is 5.75 Å². The lowest BCUT2D eigenvalue weighted by Gasteiger charge is -2.32. The zero-order valence-corrected chi connectivity index (χ0v) is 19.8. The van der Waals surface area contributed by atoms with Crippen LogP contribution in [0.3, 0.4) is 0 Å². The molecule has 0 bridgehead atoms. The summed E-state index contributed by atoms with van der Waals surface area (Å²) in [5.41, 5.74) is 0.536. The van der Waals surface area contributed by atoms with Gasteiger partial charge in [-0.3, -0.25) is 14.0 Å². The molecule has 1 fully saturated rings. The van der Waals surface area contributed by atoms with Gasteiger partial charge in [-0.1, -0.05) is 11.6 Å². The van der Waals surface area contributed by atoms with Crippen molar-refractivity contribution in [1.29, 1.82) is 0 Å². The molecule has 4 aromatic rings. The SMILES string of the molecule is Cc1nc2c(-c3ccc(Cl)cc3F)nc(N3CCC[C@H](Oc4cnn(C)c4)C3)nc2c(=O)n1C. The van der Waals surface area contributed by atoms with E-state index in [0.717, 1.165) is 12.8 Å². The molecule has 9 nitrogen and oxygen atoms in total. The van der Waals surface area contributed by atoms with Crippen LogP contribution >= 0.6 is 11.6 Å². The molecule has 0 radical (unpaired) electrons. The van der Waals surface area contributed by atoms with Gasteiger partial charge in [-0.2, -0.15) is 5.10 Å². The van der Waals surface area contributed by atoms with Crippen LogP contribution in [0.1, 0.15) is 18.7 Å². The summed E-state index contributed by atoms with van der Waals surface area (Å²) in [7, 11) is 3.46. The predicted molar refractivity (Wildman–Crippen MR) is 127 cm³/mol. The van der Waals surface area contributed by atoms with Gasteiger partial charge >= 0.3 is 0 Å². The van der Waals surface area contributed by atoms with E-state index in [1.54, 1.807) is 37.0 Å². The molecule has 1 aliphatic rings. The molecule has 34 heavy (non-hydrogen) atoms. The Morgan fingerprint density at radius 1 is 1.18 bits per heavy atom. The molecule has 1 aliphatic heterocycles. The van der Waals surface area contributed by atoms with Crippen molar-refractivity contribution >= 4 is 28.6 Å². The summed E-state index contributed by atoms with van der Waals surface area (Å²) in [5, 5.41) is 4.41. The lowest BCUT2D eigenvalue weighted by atomic mass is 10.1. The van der Waals surface area contributed by atoms with Crippen molar-refractivity contribution in [3.05, 3.63) is 57.6 Å². The van der Waals surface area contributed by atoms with E-state index in [4.69, 9.17) is 21.3 Å². The van der Waals surface area contributed by atoms with Crippen LogP contribution in [0.2, 0.25) is 5.02 Å². The summed E-state index contributed by atoms with van der Waals surface area (Å²) in [6, 6.07) is 4.35. The monoisotopic (exact) mass is 483 g/mol. The summed E-state index contributed by atoms with van der Waals surface area (Å²) in [6.45, 7) is 2.91. The minimum atomic E-state index is -0.546. The van der Waals surface area contributed by atoms with Gasteiger partial charge in [0, 0.05) is 31.2 Å². The quantitative estimate of drug-likeness (QED) is 0.440. The van der Waals surface area contributed by atoms with Gasteiger partial charge in [0.2, 0.25) is 5.95 Å². The molecule has 0 saturated carbocycles. The number of hydrogen-bond acceptors (Lipinski definition) is 7. The number of hydrogen-bond donors (Lipinski definition) is 0. The van der Waals surface area contributed by atoms with Gasteiger partial charge in [0.1, 0.15) is 29.0 Å². The van der Waals surface area contributed by atoms with Crippen LogP contribution in [-0.4, -0.2) is 48.5 Å². The van der Waals surface area contributed by atoms with Gasteiger partial charge in [-0.05, 0) is 38.0 Å². The Morgan fingerprint density at radius 3 is 2.74 bits per heavy atom. The van der Waals surface area contributed by atoms with E-state index < -0.39 is 5.82 Å². The van der Waals surface area contributed by atoms with Gasteiger partial charge in [-0.15, -0.1) is 0 Å². The molecule has 176 valence electrons. The number of aromatic nitrogens is 6. The maximum absolute atomic E-state index is 14.9. The van der Waals surface area contributed by atoms with Crippen molar-refractivity contribution in [1.82, 2.24) is 29.3 Å². The van der Waals surface area contributed by atoms with E-state index >= 15 is 0 Å². The topological polar surface area (TPSA) is 91.0 Å². The molecule has 0 aliphatic carbocycles. The Labute approximate surface area is 199 Å². The highest BCUT2D eigenvalue weighted by Crippen LogP contribution is 2.30. The molecule has 1 atom stereocenters. The summed E-state index contributed by atoms with van der Waals surface area (Å²) in [5.74, 6) is 0.952. The van der Waals surface area contributed by atoms with Crippen LogP contribution in [0.15, 0.2) is 35.4 Å². The molecule has 11 heteroatoms. The van der Waals surface area contributed by atoms with E-state index in [0.29, 0.717) is 30.6 Å². The molecule has 1 saturated heterocycles. The number of benzene rings is 1. The number of piperidine rings is 1. The van der Waals surface area contributed by atoms with Crippen LogP contribution in [-0.2, 0) is 14.1 Å². The molecule has 3 aromatic heterocycles. The molecular formula is C23H23ClFN7O2. The van der Waals surface area contributed by atoms with Crippen molar-refractivity contribution in [2.24, 2.45) is 14.1 Å². The zero-order chi connectivity index (χ0) is 24.0. The lowest BCUT2D eigenvalue weighted by molar-refractivity contribution is 0.178. The summed E-state index contributed by atoms with van der Waals surface area (Å²) in [6.07, 6.45) is 5.09. The average Bonchev–Trinajstić information content (AvgIpc) is 3.22. The highest BCUT2D eigenvalue weighted by atomic mass is 35.5. The first-order chi connectivity index (χ1) is 16.3. The molecule has 4 heterocycles. The number of ether oxygens (including phenoxy) is 1. The van der Waals surface area contributed by atoms with Gasteiger partial charge < -0.3 is 9.64 Å². The number of nitrogens with zero attached hydrogens (tertiary/aromatic N) is 7. The molecular weight excluding hydrogens is 461 g/mol. The number of aryl methyl sites for hydroxylation is 2. The fourth-order valence-electron chi connectivity index (χ4n) is 4.12. The lowest BCUT2D eigenvalue weighted by Crippen LogP contribution is -2.42. The van der Waals surface area contributed by atoms with Gasteiger partial charge in [0.15, 0.2) is 11.3 Å².